The Hall–Kier alpha value is -8.35. The largest absolute Gasteiger partial charge is 0.462 e. The van der Waals surface area contributed by atoms with E-state index >= 15 is 0 Å². The fourth-order valence-corrected chi connectivity index (χ4v) is 10.1. The van der Waals surface area contributed by atoms with Crippen molar-refractivity contribution in [2.75, 3.05) is 33.0 Å². The summed E-state index contributed by atoms with van der Waals surface area (Å²) in [7, 11) is 0. The van der Waals surface area contributed by atoms with Crippen molar-refractivity contribution in [3.8, 4) is 0 Å². The zero-order valence-electron chi connectivity index (χ0n) is 48.4. The molecule has 0 bridgehead atoms. The predicted octanol–water partition coefficient (Wildman–Crippen LogP) is 14.5. The highest BCUT2D eigenvalue weighted by atomic mass is 35.5. The Morgan fingerprint density at radius 2 is 1.00 bits per heavy atom. The van der Waals surface area contributed by atoms with Gasteiger partial charge < -0.3 is 28.9 Å². The van der Waals surface area contributed by atoms with Gasteiger partial charge >= 0.3 is 11.9 Å². The lowest BCUT2D eigenvalue weighted by atomic mass is 9.94. The summed E-state index contributed by atoms with van der Waals surface area (Å²) in [5.74, 6) is -1.05. The molecule has 3 aliphatic rings. The lowest BCUT2D eigenvalue weighted by Gasteiger charge is -2.24. The number of nitrogens with zero attached hydrogens (tertiary/aromatic N) is 4. The molecule has 0 N–H and O–H groups in total. The molecule has 432 valence electrons. The molecule has 0 radical (unpaired) electrons. The Labute approximate surface area is 495 Å². The average molecular weight is 1140 g/mol. The first kappa shape index (κ1) is 62.3. The van der Waals surface area contributed by atoms with E-state index < -0.39 is 5.97 Å². The van der Waals surface area contributed by atoms with Crippen LogP contribution in [0.25, 0.3) is 0 Å². The molecule has 2 amide bonds. The molecule has 0 saturated carbocycles. The summed E-state index contributed by atoms with van der Waals surface area (Å²) in [5.41, 5.74) is 11.6. The highest BCUT2D eigenvalue weighted by Crippen LogP contribution is 2.30. The third kappa shape index (κ3) is 20.5. The van der Waals surface area contributed by atoms with Gasteiger partial charge in [0.15, 0.2) is 13.2 Å². The van der Waals surface area contributed by atoms with E-state index in [-0.39, 0.29) is 37.4 Å². The molecule has 0 atom stereocenters. The van der Waals surface area contributed by atoms with E-state index in [0.29, 0.717) is 91.8 Å². The first-order valence-corrected chi connectivity index (χ1v) is 29.0. The number of aryl methyl sites for hydroxylation is 4. The molecule has 0 fully saturated rings. The Morgan fingerprint density at radius 1 is 0.530 bits per heavy atom. The number of carbonyl (C=O) groups excluding carboxylic acids is 4. The van der Waals surface area contributed by atoms with Crippen molar-refractivity contribution in [2.45, 2.75) is 112 Å². The monoisotopic (exact) mass is 1140 g/mol. The number of halogens is 1. The maximum absolute atomic E-state index is 13.4. The van der Waals surface area contributed by atoms with Crippen LogP contribution in [0.15, 0.2) is 192 Å². The highest BCUT2D eigenvalue weighted by Gasteiger charge is 2.24. The third-order valence-corrected chi connectivity index (χ3v) is 14.5. The number of amides is 2. The Bertz CT molecular complexity index is 3190. The number of oxime groups is 2. The fraction of sp³-hybridized carbons (Fsp3) is 0.314. The van der Waals surface area contributed by atoms with Crippen LogP contribution in [-0.2, 0) is 61.2 Å². The summed E-state index contributed by atoms with van der Waals surface area (Å²) in [6.45, 7) is 9.92. The molecule has 2 heterocycles. The van der Waals surface area contributed by atoms with Gasteiger partial charge in [-0.3, -0.25) is 9.59 Å². The minimum absolute atomic E-state index is 0.151. The van der Waals surface area contributed by atoms with Crippen LogP contribution in [-0.4, -0.2) is 77.9 Å². The van der Waals surface area contributed by atoms with Crippen LogP contribution in [0.3, 0.4) is 0 Å². The van der Waals surface area contributed by atoms with Gasteiger partial charge in [-0.2, -0.15) is 0 Å². The molecule has 0 aromatic heterocycles. The Kier molecular flexibility index (Phi) is 25.2. The van der Waals surface area contributed by atoms with Gasteiger partial charge in [0.2, 0.25) is 0 Å². The van der Waals surface area contributed by atoms with Crippen LogP contribution < -0.4 is 0 Å². The predicted molar refractivity (Wildman–Crippen MR) is 331 cm³/mol. The van der Waals surface area contributed by atoms with E-state index in [0.717, 1.165) is 83.0 Å². The second-order valence-corrected chi connectivity index (χ2v) is 21.2. The van der Waals surface area contributed by atoms with Crippen molar-refractivity contribution in [3.05, 3.63) is 248 Å². The molecule has 83 heavy (non-hydrogen) atoms. The topological polar surface area (TPSA) is 136 Å². The van der Waals surface area contributed by atoms with Crippen LogP contribution in [0.2, 0.25) is 5.02 Å². The summed E-state index contributed by atoms with van der Waals surface area (Å²) >= 11 is 6.75. The van der Waals surface area contributed by atoms with Crippen molar-refractivity contribution in [2.24, 2.45) is 10.3 Å². The van der Waals surface area contributed by atoms with Gasteiger partial charge in [-0.15, -0.1) is 0 Å². The minimum Gasteiger partial charge on any atom is -0.462 e. The molecule has 12 nitrogen and oxygen atoms in total. The highest BCUT2D eigenvalue weighted by molar-refractivity contribution is 6.33. The molecule has 0 saturated heterocycles. The number of allylic oxidation sites excluding steroid dienone is 9. The second kappa shape index (κ2) is 33.5. The van der Waals surface area contributed by atoms with Crippen molar-refractivity contribution in [1.29, 1.82) is 0 Å². The Balaban J connectivity index is 0.000000239. The lowest BCUT2D eigenvalue weighted by Crippen LogP contribution is -2.35. The number of carbonyl (C=O) groups is 4. The summed E-state index contributed by atoms with van der Waals surface area (Å²) in [6.07, 6.45) is 29.7. The molecule has 0 spiro atoms. The van der Waals surface area contributed by atoms with Crippen LogP contribution in [0.1, 0.15) is 122 Å². The number of esters is 2. The first-order valence-electron chi connectivity index (χ1n) is 28.7. The number of cyclic esters (lactones) is 2. The summed E-state index contributed by atoms with van der Waals surface area (Å²) < 4.78 is 11.2. The molecule has 2 aliphatic heterocycles. The van der Waals surface area contributed by atoms with Gasteiger partial charge in [-0.1, -0.05) is 197 Å². The van der Waals surface area contributed by atoms with E-state index in [1.54, 1.807) is 4.90 Å². The standard InChI is InChI=1S/C35H39ClN2O4.C35H38N2O4/c1-26-21-27(2)34(36)31-22-30(19-13-5-3-4-6-14-20-41-35(40)33(26)31)37-42-25-32(39)38(23-28-15-9-7-10-16-28)24-29-17-11-8-12-18-29;1-27-21-28(2)34-31(22-27)23-32(19-13-5-3-4-6-14-20-40-35(34)39)36-41-26-33(38)37(24-29-15-9-7-10-16-29)25-30-17-11-8-12-18-30/h4,6-11,13,15-17,19,21H,3,5,12,14,18,20,22-25H2,1-2H3;4,6-13,15-19,21-22H,3,5,14,20,23-26H2,1-2H3/b6-4+,19-13+,37-30-;6-4+,19-13+,36-32+. The average Bonchev–Trinajstić information content (AvgIpc) is 3.59. The molecule has 5 aromatic carbocycles. The van der Waals surface area contributed by atoms with Gasteiger partial charge in [0.25, 0.3) is 11.8 Å². The number of hydrogen-bond acceptors (Lipinski definition) is 10. The SMILES string of the molecule is Cc1cc(C)c2c(c1)CC(=N/OCC(=O)N(Cc1ccccc1)Cc1ccccc1)/C=C/CC/C=C/CCOC2=O.Cc1cc(C)c2c(c1Cl)CC(=N\OCC(=O)N(CC1=CC=CCC1)Cc1ccccc1)/C=C/CC/C=C/CCOC2=O. The summed E-state index contributed by atoms with van der Waals surface area (Å²) in [5, 5.41) is 9.27. The molecule has 1 aliphatic carbocycles. The molecule has 0 unspecified atom stereocenters. The molecule has 8 rings (SSSR count). The van der Waals surface area contributed by atoms with Crippen LogP contribution in [0, 0.1) is 27.7 Å². The third-order valence-electron chi connectivity index (χ3n) is 14.0. The lowest BCUT2D eigenvalue weighted by molar-refractivity contribution is -0.137. The van der Waals surface area contributed by atoms with E-state index in [1.165, 1.54) is 5.57 Å². The Morgan fingerprint density at radius 3 is 1.52 bits per heavy atom. The normalized spacial score (nSPS) is 17.5. The van der Waals surface area contributed by atoms with Gasteiger partial charge in [0, 0.05) is 44.0 Å². The van der Waals surface area contributed by atoms with Gasteiger partial charge in [0.1, 0.15) is 0 Å². The van der Waals surface area contributed by atoms with Crippen molar-refractivity contribution >= 4 is 46.8 Å². The van der Waals surface area contributed by atoms with Crippen molar-refractivity contribution in [3.63, 3.8) is 0 Å². The smallest absolute Gasteiger partial charge is 0.338 e. The van der Waals surface area contributed by atoms with Crippen LogP contribution in [0.4, 0.5) is 0 Å². The van der Waals surface area contributed by atoms with E-state index in [9.17, 15) is 19.2 Å². The number of benzene rings is 5. The summed E-state index contributed by atoms with van der Waals surface area (Å²) in [6, 6.07) is 35.6. The van der Waals surface area contributed by atoms with Gasteiger partial charge in [0.05, 0.1) is 35.8 Å². The quantitative estimate of drug-likeness (QED) is 0.0609. The molecular weight excluding hydrogens is 1060 g/mol. The van der Waals surface area contributed by atoms with E-state index in [2.05, 4.69) is 40.7 Å². The van der Waals surface area contributed by atoms with E-state index in [4.69, 9.17) is 30.7 Å². The number of hydrogen-bond donors (Lipinski definition) is 0. The zero-order valence-corrected chi connectivity index (χ0v) is 49.2. The van der Waals surface area contributed by atoms with Crippen molar-refractivity contribution in [1.82, 2.24) is 9.80 Å². The maximum atomic E-state index is 13.4. The number of ether oxygens (including phenoxy) is 2. The second-order valence-electron chi connectivity index (χ2n) is 20.9. The molecule has 13 heteroatoms. The summed E-state index contributed by atoms with van der Waals surface area (Å²) in [4.78, 5) is 67.8. The van der Waals surface area contributed by atoms with Crippen LogP contribution >= 0.6 is 11.6 Å². The van der Waals surface area contributed by atoms with Gasteiger partial charge in [-0.05, 0) is 136 Å². The molecular formula is C70H77ClN4O8. The van der Waals surface area contributed by atoms with E-state index in [1.807, 2.05) is 178 Å². The fourth-order valence-electron chi connectivity index (χ4n) is 9.91. The van der Waals surface area contributed by atoms with Crippen LogP contribution in [0.5, 0.6) is 0 Å². The van der Waals surface area contributed by atoms with Crippen molar-refractivity contribution < 1.29 is 38.3 Å². The maximum Gasteiger partial charge on any atom is 0.338 e. The minimum atomic E-state index is -0.405. The molecule has 5 aromatic rings. The van der Waals surface area contributed by atoms with Gasteiger partial charge in [-0.25, -0.2) is 9.59 Å². The number of fused-ring (bicyclic) bond motifs is 2. The first-order chi connectivity index (χ1) is 40.4. The number of rotatable bonds is 14. The zero-order chi connectivity index (χ0) is 58.6.